The smallest absolute Gasteiger partial charge is 0.309 e. The average molecular weight is 433 g/mol. The summed E-state index contributed by atoms with van der Waals surface area (Å²) in [6.07, 6.45) is 0. The van der Waals surface area contributed by atoms with Crippen molar-refractivity contribution in [1.29, 1.82) is 0 Å². The Kier molecular flexibility index (Phi) is 3.80. The van der Waals surface area contributed by atoms with Crippen molar-refractivity contribution in [1.82, 2.24) is 30.4 Å². The number of aromatic nitrogens is 4. The van der Waals surface area contributed by atoms with Gasteiger partial charge in [-0.1, -0.05) is 30.2 Å². The van der Waals surface area contributed by atoms with Gasteiger partial charge in [0.2, 0.25) is 11.6 Å². The van der Waals surface area contributed by atoms with E-state index in [0.717, 1.165) is 4.57 Å². The van der Waals surface area contributed by atoms with E-state index in [1.807, 2.05) is 5.32 Å². The monoisotopic (exact) mass is 433 g/mol. The molecule has 0 bridgehead atoms. The molecule has 0 fully saturated rings. The van der Waals surface area contributed by atoms with E-state index < -0.39 is 76.6 Å². The number of carbonyl (C=O) groups is 2. The summed E-state index contributed by atoms with van der Waals surface area (Å²) in [6, 6.07) is -4.22. The fourth-order valence-corrected chi connectivity index (χ4v) is 2.58. The van der Waals surface area contributed by atoms with Gasteiger partial charge in [0, 0.05) is 20.5 Å². The molecule has 3 rings (SSSR count). The number of carbonyl (C=O) groups excluding carboxylic acids is 2. The van der Waals surface area contributed by atoms with Crippen molar-refractivity contribution >= 4 is 11.8 Å². The normalized spacial score (nSPS) is 14.9. The molecular weight excluding hydrogens is 404 g/mol. The van der Waals surface area contributed by atoms with Crippen LogP contribution in [0.5, 0.6) is 5.75 Å². The number of nitrogens with one attached hydrogen (secondary N) is 2. The van der Waals surface area contributed by atoms with Gasteiger partial charge in [-0.25, -0.2) is 4.98 Å². The molecule has 0 spiro atoms. The summed E-state index contributed by atoms with van der Waals surface area (Å²) in [4.78, 5) is 42.2. The minimum absolute atomic E-state index is 0.121. The number of nitrogens with zero attached hydrogens (tertiary/aromatic N) is 4. The molecule has 11 nitrogen and oxygen atoms in total. The number of rotatable bonds is 6. The van der Waals surface area contributed by atoms with E-state index in [4.69, 9.17) is 14.0 Å². The SMILES string of the molecule is [2H]c1c([2H])c([2H])c(C([2H])([2H])NC(=O)c2nc(C(C)(C)NC(=O)c3nnc(C)o3)n(C)c(=O)c2O)c([2H])c1[2H]. The third-order valence-corrected chi connectivity index (χ3v) is 3.99. The lowest BCUT2D eigenvalue weighted by Gasteiger charge is -2.27. The van der Waals surface area contributed by atoms with Gasteiger partial charge in [0.05, 0.1) is 15.1 Å². The molecule has 3 N–H and O–H groups in total. The number of amides is 2. The molecule has 162 valence electrons. The van der Waals surface area contributed by atoms with Crippen molar-refractivity contribution in [2.75, 3.05) is 0 Å². The first kappa shape index (κ1) is 14.1. The van der Waals surface area contributed by atoms with Crippen molar-refractivity contribution in [2.24, 2.45) is 7.05 Å². The second-order valence-corrected chi connectivity index (χ2v) is 6.78. The maximum atomic E-state index is 13.0. The van der Waals surface area contributed by atoms with Crippen LogP contribution in [0.3, 0.4) is 0 Å². The van der Waals surface area contributed by atoms with E-state index in [-0.39, 0.29) is 17.6 Å². The first-order valence-corrected chi connectivity index (χ1v) is 8.73. The standard InChI is InChI=1S/C20H22N6O5/c1-11-24-25-17(31-11)16(29)23-20(2,3)19-22-13(14(27)18(30)26(19)4)15(28)21-10-12-8-6-5-7-9-12/h5-9,27H,10H2,1-4H3,(H,21,28)(H,23,29)/i5D,6D,7D,8D,9D,10D2. The van der Waals surface area contributed by atoms with E-state index in [2.05, 4.69) is 20.5 Å². The van der Waals surface area contributed by atoms with Gasteiger partial charge in [0.15, 0.2) is 5.69 Å². The maximum absolute atomic E-state index is 13.0. The van der Waals surface area contributed by atoms with E-state index in [1.54, 1.807) is 0 Å². The largest absolute Gasteiger partial charge is 0.501 e. The minimum atomic E-state index is -3.06. The molecule has 31 heavy (non-hydrogen) atoms. The van der Waals surface area contributed by atoms with Gasteiger partial charge in [0.1, 0.15) is 5.82 Å². The Morgan fingerprint density at radius 2 is 1.94 bits per heavy atom. The highest BCUT2D eigenvalue weighted by atomic mass is 16.4. The van der Waals surface area contributed by atoms with E-state index >= 15 is 0 Å². The van der Waals surface area contributed by atoms with E-state index in [9.17, 15) is 19.5 Å². The van der Waals surface area contributed by atoms with Crippen molar-refractivity contribution in [3.05, 3.63) is 69.4 Å². The zero-order chi connectivity index (χ0) is 28.9. The Balaban J connectivity index is 2.04. The molecule has 0 aliphatic heterocycles. The summed E-state index contributed by atoms with van der Waals surface area (Å²) in [7, 11) is 1.21. The lowest BCUT2D eigenvalue weighted by molar-refractivity contribution is 0.0869. The first-order chi connectivity index (χ1) is 17.4. The van der Waals surface area contributed by atoms with Gasteiger partial charge in [0.25, 0.3) is 11.5 Å². The van der Waals surface area contributed by atoms with E-state index in [1.165, 1.54) is 27.8 Å². The maximum Gasteiger partial charge on any atom is 0.309 e. The fraction of sp³-hybridized carbons (Fsp3) is 0.300. The highest BCUT2D eigenvalue weighted by Crippen LogP contribution is 2.20. The second-order valence-electron chi connectivity index (χ2n) is 6.78. The van der Waals surface area contributed by atoms with Crippen LogP contribution >= 0.6 is 0 Å². The Morgan fingerprint density at radius 1 is 1.26 bits per heavy atom. The molecule has 1 aromatic carbocycles. The molecule has 2 aromatic heterocycles. The number of aryl methyl sites for hydroxylation is 1. The van der Waals surface area contributed by atoms with Crippen LogP contribution in [0.25, 0.3) is 0 Å². The molecule has 3 aromatic rings. The molecule has 2 amide bonds. The topological polar surface area (TPSA) is 152 Å². The minimum Gasteiger partial charge on any atom is -0.501 e. The van der Waals surface area contributed by atoms with Crippen LogP contribution < -0.4 is 16.2 Å². The molecule has 0 radical (unpaired) electrons. The predicted molar refractivity (Wildman–Crippen MR) is 108 cm³/mol. The van der Waals surface area contributed by atoms with Gasteiger partial charge in [-0.15, -0.1) is 10.2 Å². The first-order valence-electron chi connectivity index (χ1n) is 12.2. The number of aromatic hydroxyl groups is 1. The molecule has 0 aliphatic rings. The Hall–Kier alpha value is -4.02. The molecular formula is C20H22N6O5. The summed E-state index contributed by atoms with van der Waals surface area (Å²) in [5.41, 5.74) is -4.40. The quantitative estimate of drug-likeness (QED) is 0.515. The van der Waals surface area contributed by atoms with Crippen molar-refractivity contribution in [2.45, 2.75) is 32.8 Å². The Bertz CT molecular complexity index is 1510. The lowest BCUT2D eigenvalue weighted by atomic mass is 10.0. The molecule has 0 atom stereocenters. The third-order valence-electron chi connectivity index (χ3n) is 3.99. The molecule has 11 heteroatoms. The fourth-order valence-electron chi connectivity index (χ4n) is 2.58. The van der Waals surface area contributed by atoms with Crippen LogP contribution in [0.4, 0.5) is 0 Å². The summed E-state index contributed by atoms with van der Waals surface area (Å²) in [6.45, 7) is 1.24. The van der Waals surface area contributed by atoms with Crippen molar-refractivity contribution in [3.8, 4) is 5.75 Å². The summed E-state index contributed by atoms with van der Waals surface area (Å²) in [5.74, 6) is -3.92. The second kappa shape index (κ2) is 8.38. The molecule has 0 unspecified atom stereocenters. The lowest BCUT2D eigenvalue weighted by Crippen LogP contribution is -2.46. The Labute approximate surface area is 187 Å². The van der Waals surface area contributed by atoms with Crippen LogP contribution in [-0.4, -0.2) is 36.7 Å². The summed E-state index contributed by atoms with van der Waals surface area (Å²) in [5, 5.41) is 21.8. The van der Waals surface area contributed by atoms with Gasteiger partial charge in [-0.2, -0.15) is 0 Å². The van der Waals surface area contributed by atoms with Crippen LogP contribution in [0, 0.1) is 6.92 Å². The molecule has 0 saturated carbocycles. The predicted octanol–water partition coefficient (Wildman–Crippen LogP) is 0.772. The summed E-state index contributed by atoms with van der Waals surface area (Å²) >= 11 is 0. The average Bonchev–Trinajstić information content (AvgIpc) is 3.25. The van der Waals surface area contributed by atoms with Crippen molar-refractivity contribution < 1.29 is 28.7 Å². The highest BCUT2D eigenvalue weighted by Gasteiger charge is 2.32. The Morgan fingerprint density at radius 3 is 2.55 bits per heavy atom. The van der Waals surface area contributed by atoms with E-state index in [0.29, 0.717) is 0 Å². The zero-order valence-electron chi connectivity index (χ0n) is 23.9. The molecule has 2 heterocycles. The van der Waals surface area contributed by atoms with Crippen molar-refractivity contribution in [3.63, 3.8) is 0 Å². The van der Waals surface area contributed by atoms with Crippen LogP contribution in [0.2, 0.25) is 0 Å². The molecule has 0 aliphatic carbocycles. The van der Waals surface area contributed by atoms with Gasteiger partial charge in [-0.05, 0) is 19.4 Å². The van der Waals surface area contributed by atoms with Crippen LogP contribution in [0.15, 0.2) is 39.4 Å². The zero-order valence-corrected chi connectivity index (χ0v) is 16.9. The number of hydrogen-bond acceptors (Lipinski definition) is 8. The van der Waals surface area contributed by atoms with Crippen LogP contribution in [-0.2, 0) is 19.1 Å². The highest BCUT2D eigenvalue weighted by molar-refractivity contribution is 5.94. The molecule has 0 saturated heterocycles. The van der Waals surface area contributed by atoms with Crippen LogP contribution in [0.1, 0.15) is 61.9 Å². The number of hydrogen-bond donors (Lipinski definition) is 3. The van der Waals surface area contributed by atoms with Gasteiger partial charge < -0.3 is 20.2 Å². The van der Waals surface area contributed by atoms with Gasteiger partial charge >= 0.3 is 11.8 Å². The summed E-state index contributed by atoms with van der Waals surface area (Å²) < 4.78 is 61.4. The third kappa shape index (κ3) is 4.60. The number of benzene rings is 1. The van der Waals surface area contributed by atoms with Gasteiger partial charge in [-0.3, -0.25) is 19.0 Å².